The lowest BCUT2D eigenvalue weighted by molar-refractivity contribution is -0.114. The van der Waals surface area contributed by atoms with Gasteiger partial charge in [0.25, 0.3) is 5.91 Å². The minimum absolute atomic E-state index is 0.176. The summed E-state index contributed by atoms with van der Waals surface area (Å²) in [5.41, 5.74) is 3.20. The van der Waals surface area contributed by atoms with Crippen molar-refractivity contribution in [2.24, 2.45) is 0 Å². The number of anilines is 3. The summed E-state index contributed by atoms with van der Waals surface area (Å²) in [5, 5.41) is 11.1. The molecular formula is C20H22N4O3. The van der Waals surface area contributed by atoms with E-state index in [1.807, 2.05) is 13.0 Å². The molecule has 1 saturated carbocycles. The zero-order chi connectivity index (χ0) is 19.4. The second-order valence-electron chi connectivity index (χ2n) is 6.62. The van der Waals surface area contributed by atoms with E-state index >= 15 is 0 Å². The van der Waals surface area contributed by atoms with Crippen LogP contribution < -0.4 is 21.3 Å². The maximum atomic E-state index is 12.5. The molecule has 2 aromatic carbocycles. The van der Waals surface area contributed by atoms with Crippen molar-refractivity contribution in [1.82, 2.24) is 5.32 Å². The van der Waals surface area contributed by atoms with Gasteiger partial charge in [-0.25, -0.2) is 4.79 Å². The first kappa shape index (κ1) is 18.4. The van der Waals surface area contributed by atoms with Crippen LogP contribution in [0.15, 0.2) is 42.5 Å². The van der Waals surface area contributed by atoms with Gasteiger partial charge in [0.15, 0.2) is 0 Å². The van der Waals surface area contributed by atoms with Gasteiger partial charge in [0.2, 0.25) is 5.91 Å². The minimum atomic E-state index is -0.271. The quantitative estimate of drug-likeness (QED) is 0.652. The van der Waals surface area contributed by atoms with Gasteiger partial charge in [-0.15, -0.1) is 0 Å². The molecule has 1 aliphatic carbocycles. The van der Waals surface area contributed by atoms with Gasteiger partial charge in [0.1, 0.15) is 0 Å². The summed E-state index contributed by atoms with van der Waals surface area (Å²) < 4.78 is 0. The zero-order valence-electron chi connectivity index (χ0n) is 15.3. The van der Waals surface area contributed by atoms with Gasteiger partial charge >= 0.3 is 6.03 Å². The number of carbonyl (C=O) groups excluding carboxylic acids is 3. The summed E-state index contributed by atoms with van der Waals surface area (Å²) in [6.45, 7) is 3.30. The summed E-state index contributed by atoms with van der Waals surface area (Å²) in [6.07, 6.45) is 2.05. The van der Waals surface area contributed by atoms with E-state index < -0.39 is 0 Å². The number of urea groups is 1. The van der Waals surface area contributed by atoms with Crippen LogP contribution in [0.2, 0.25) is 0 Å². The van der Waals surface area contributed by atoms with Crippen LogP contribution in [0.1, 0.15) is 35.7 Å². The van der Waals surface area contributed by atoms with Crippen molar-refractivity contribution in [2.75, 3.05) is 16.0 Å². The van der Waals surface area contributed by atoms with Crippen molar-refractivity contribution in [2.45, 2.75) is 32.7 Å². The van der Waals surface area contributed by atoms with Crippen molar-refractivity contribution in [1.29, 1.82) is 0 Å². The van der Waals surface area contributed by atoms with E-state index in [4.69, 9.17) is 0 Å². The Balaban J connectivity index is 1.63. The third kappa shape index (κ3) is 5.31. The molecule has 3 rings (SSSR count). The number of rotatable bonds is 5. The summed E-state index contributed by atoms with van der Waals surface area (Å²) in [7, 11) is 0. The van der Waals surface area contributed by atoms with Crippen molar-refractivity contribution < 1.29 is 14.4 Å². The highest BCUT2D eigenvalue weighted by Crippen LogP contribution is 2.22. The molecule has 4 N–H and O–H groups in total. The number of nitrogens with one attached hydrogen (secondary N) is 4. The van der Waals surface area contributed by atoms with E-state index in [0.29, 0.717) is 22.6 Å². The first-order valence-corrected chi connectivity index (χ1v) is 8.78. The van der Waals surface area contributed by atoms with Crippen LogP contribution in [0.5, 0.6) is 0 Å². The summed E-state index contributed by atoms with van der Waals surface area (Å²) in [6, 6.07) is 12.0. The van der Waals surface area contributed by atoms with Crippen LogP contribution in [0.4, 0.5) is 21.9 Å². The van der Waals surface area contributed by atoms with Gasteiger partial charge in [0.05, 0.1) is 0 Å². The fourth-order valence-electron chi connectivity index (χ4n) is 2.52. The SMILES string of the molecule is CC(=O)Nc1ccc(C)c(NC(=O)c2ccc(NC(=O)NC3CC3)cc2)c1. The van der Waals surface area contributed by atoms with E-state index in [-0.39, 0.29) is 23.9 Å². The normalized spacial score (nSPS) is 12.8. The monoisotopic (exact) mass is 366 g/mol. The largest absolute Gasteiger partial charge is 0.335 e. The Bertz CT molecular complexity index is 873. The lowest BCUT2D eigenvalue weighted by atomic mass is 10.1. The average Bonchev–Trinajstić information content (AvgIpc) is 3.41. The van der Waals surface area contributed by atoms with E-state index in [1.165, 1.54) is 6.92 Å². The van der Waals surface area contributed by atoms with E-state index in [1.54, 1.807) is 36.4 Å². The highest BCUT2D eigenvalue weighted by molar-refractivity contribution is 6.05. The molecule has 4 amide bonds. The fraction of sp³-hybridized carbons (Fsp3) is 0.250. The number of aryl methyl sites for hydroxylation is 1. The molecule has 1 fully saturated rings. The van der Waals surface area contributed by atoms with Gasteiger partial charge in [-0.3, -0.25) is 9.59 Å². The molecule has 0 heterocycles. The molecule has 0 aromatic heterocycles. The van der Waals surface area contributed by atoms with E-state index in [0.717, 1.165) is 18.4 Å². The average molecular weight is 366 g/mol. The highest BCUT2D eigenvalue weighted by Gasteiger charge is 2.23. The van der Waals surface area contributed by atoms with E-state index in [9.17, 15) is 14.4 Å². The summed E-state index contributed by atoms with van der Waals surface area (Å²) in [5.74, 6) is -0.447. The van der Waals surface area contributed by atoms with Crippen LogP contribution >= 0.6 is 0 Å². The minimum Gasteiger partial charge on any atom is -0.335 e. The van der Waals surface area contributed by atoms with Crippen molar-refractivity contribution >= 4 is 34.9 Å². The summed E-state index contributed by atoms with van der Waals surface area (Å²) in [4.78, 5) is 35.4. The Morgan fingerprint density at radius 3 is 2.19 bits per heavy atom. The number of hydrogen-bond acceptors (Lipinski definition) is 3. The molecule has 7 heteroatoms. The molecule has 140 valence electrons. The number of benzene rings is 2. The molecule has 0 saturated heterocycles. The molecule has 0 unspecified atom stereocenters. The lowest BCUT2D eigenvalue weighted by Crippen LogP contribution is -2.30. The molecule has 0 atom stereocenters. The maximum Gasteiger partial charge on any atom is 0.319 e. The molecule has 27 heavy (non-hydrogen) atoms. The second-order valence-corrected chi connectivity index (χ2v) is 6.62. The van der Waals surface area contributed by atoms with Gasteiger partial charge in [0, 0.05) is 35.6 Å². The van der Waals surface area contributed by atoms with Crippen molar-refractivity contribution in [3.63, 3.8) is 0 Å². The second kappa shape index (κ2) is 7.90. The van der Waals surface area contributed by atoms with Crippen LogP contribution in [0, 0.1) is 6.92 Å². The standard InChI is InChI=1S/C20H22N4O3/c1-12-3-6-17(21-13(2)25)11-18(12)24-19(26)14-4-7-15(8-5-14)22-20(27)23-16-9-10-16/h3-8,11,16H,9-10H2,1-2H3,(H,21,25)(H,24,26)(H2,22,23,27). The Labute approximate surface area is 157 Å². The number of carbonyl (C=O) groups is 3. The Morgan fingerprint density at radius 1 is 0.889 bits per heavy atom. The third-order valence-corrected chi connectivity index (χ3v) is 4.12. The Morgan fingerprint density at radius 2 is 1.56 bits per heavy atom. The Hall–Kier alpha value is -3.35. The molecule has 7 nitrogen and oxygen atoms in total. The molecule has 2 aromatic rings. The summed E-state index contributed by atoms with van der Waals surface area (Å²) >= 11 is 0. The third-order valence-electron chi connectivity index (χ3n) is 4.12. The van der Waals surface area contributed by atoms with E-state index in [2.05, 4.69) is 21.3 Å². The van der Waals surface area contributed by atoms with Crippen molar-refractivity contribution in [3.8, 4) is 0 Å². The molecule has 1 aliphatic rings. The van der Waals surface area contributed by atoms with Crippen LogP contribution in [-0.4, -0.2) is 23.9 Å². The van der Waals surface area contributed by atoms with Gasteiger partial charge in [-0.1, -0.05) is 6.07 Å². The van der Waals surface area contributed by atoms with Gasteiger partial charge < -0.3 is 21.3 Å². The first-order valence-electron chi connectivity index (χ1n) is 8.78. The molecule has 0 spiro atoms. The van der Waals surface area contributed by atoms with Crippen LogP contribution in [-0.2, 0) is 4.79 Å². The predicted molar refractivity (Wildman–Crippen MR) is 105 cm³/mol. The lowest BCUT2D eigenvalue weighted by Gasteiger charge is -2.12. The number of amides is 4. The smallest absolute Gasteiger partial charge is 0.319 e. The van der Waals surface area contributed by atoms with Gasteiger partial charge in [-0.05, 0) is 61.7 Å². The molecular weight excluding hydrogens is 344 g/mol. The molecule has 0 aliphatic heterocycles. The highest BCUT2D eigenvalue weighted by atomic mass is 16.2. The molecule has 0 radical (unpaired) electrons. The predicted octanol–water partition coefficient (Wildman–Crippen LogP) is 3.49. The fourth-order valence-corrected chi connectivity index (χ4v) is 2.52. The molecule has 0 bridgehead atoms. The topological polar surface area (TPSA) is 99.3 Å². The van der Waals surface area contributed by atoms with Crippen LogP contribution in [0.3, 0.4) is 0 Å². The van der Waals surface area contributed by atoms with Crippen molar-refractivity contribution in [3.05, 3.63) is 53.6 Å². The zero-order valence-corrected chi connectivity index (χ0v) is 15.3. The number of hydrogen-bond donors (Lipinski definition) is 4. The maximum absolute atomic E-state index is 12.5. The first-order chi connectivity index (χ1) is 12.9. The Kier molecular flexibility index (Phi) is 5.40. The van der Waals surface area contributed by atoms with Gasteiger partial charge in [-0.2, -0.15) is 0 Å². The van der Waals surface area contributed by atoms with Crippen LogP contribution in [0.25, 0.3) is 0 Å².